The smallest absolute Gasteiger partial charge is 0.352 e. The molecule has 4 heterocycles. The van der Waals surface area contributed by atoms with Crippen LogP contribution < -0.4 is 11.1 Å². The highest BCUT2D eigenvalue weighted by Gasteiger charge is 2.54. The minimum absolute atomic E-state index is 0.0600. The van der Waals surface area contributed by atoms with Gasteiger partial charge in [0.2, 0.25) is 18.1 Å². The Morgan fingerprint density at radius 1 is 1.41 bits per heavy atom. The lowest BCUT2D eigenvalue weighted by atomic mass is 10.0. The summed E-state index contributed by atoms with van der Waals surface area (Å²) in [6.45, 7) is 1.19. The van der Waals surface area contributed by atoms with Crippen LogP contribution in [0.15, 0.2) is 26.3 Å². The quantitative estimate of drug-likeness (QED) is 0.102. The van der Waals surface area contributed by atoms with E-state index in [0.29, 0.717) is 21.4 Å². The van der Waals surface area contributed by atoms with Crippen molar-refractivity contribution in [1.82, 2.24) is 29.8 Å². The molecule has 0 aliphatic carbocycles. The number of esters is 1. The zero-order chi connectivity index (χ0) is 26.5. The third-order valence-electron chi connectivity index (χ3n) is 4.76. The van der Waals surface area contributed by atoms with Crippen molar-refractivity contribution in [2.45, 2.75) is 22.7 Å². The number of nitrogens with two attached hydrogens (primary N) is 1. The Labute approximate surface area is 225 Å². The largest absolute Gasteiger partial charge is 0.477 e. The van der Waals surface area contributed by atoms with Crippen molar-refractivity contribution in [3.63, 3.8) is 0 Å². The average Bonchev–Trinajstić information content (AvgIpc) is 3.55. The first-order valence-corrected chi connectivity index (χ1v) is 14.0. The predicted molar refractivity (Wildman–Crippen MR) is 134 cm³/mol. The first-order chi connectivity index (χ1) is 17.8. The summed E-state index contributed by atoms with van der Waals surface area (Å²) in [6.07, 6.45) is 0. The van der Waals surface area contributed by atoms with E-state index >= 15 is 0 Å². The van der Waals surface area contributed by atoms with Crippen molar-refractivity contribution in [3.05, 3.63) is 22.6 Å². The van der Waals surface area contributed by atoms with Crippen LogP contribution in [0.3, 0.4) is 0 Å². The lowest BCUT2D eigenvalue weighted by Crippen LogP contribution is -2.71. The fraction of sp³-hybridized carbons (Fsp3) is 0.389. The molecule has 4 rings (SSSR count). The van der Waals surface area contributed by atoms with E-state index in [9.17, 15) is 24.3 Å². The first-order valence-electron chi connectivity index (χ1n) is 10.3. The van der Waals surface area contributed by atoms with Gasteiger partial charge >= 0.3 is 11.9 Å². The van der Waals surface area contributed by atoms with Gasteiger partial charge in [0.25, 0.3) is 11.8 Å². The molecule has 15 nitrogen and oxygen atoms in total. The van der Waals surface area contributed by atoms with E-state index < -0.39 is 47.5 Å². The van der Waals surface area contributed by atoms with Gasteiger partial charge in [-0.15, -0.1) is 22.0 Å². The number of nitrogens with one attached hydrogen (secondary N) is 1. The maximum absolute atomic E-state index is 13.0. The van der Waals surface area contributed by atoms with Gasteiger partial charge in [0.15, 0.2) is 9.47 Å². The van der Waals surface area contributed by atoms with Gasteiger partial charge in [0.1, 0.15) is 22.6 Å². The number of ether oxygens (including phenoxy) is 1. The molecule has 0 saturated carbocycles. The number of carboxylic acids is 1. The molecule has 1 unspecified atom stereocenters. The lowest BCUT2D eigenvalue weighted by molar-refractivity contribution is -0.150. The van der Waals surface area contributed by atoms with Gasteiger partial charge in [-0.2, -0.15) is 9.36 Å². The Bertz CT molecular complexity index is 1260. The lowest BCUT2D eigenvalue weighted by Gasteiger charge is -2.49. The van der Waals surface area contributed by atoms with E-state index in [-0.39, 0.29) is 23.3 Å². The summed E-state index contributed by atoms with van der Waals surface area (Å²) < 4.78 is 9.35. The van der Waals surface area contributed by atoms with E-state index in [4.69, 9.17) is 15.3 Å². The third kappa shape index (κ3) is 6.00. The number of carboxylic acid groups (broad SMARTS) is 1. The van der Waals surface area contributed by atoms with Gasteiger partial charge in [-0.25, -0.2) is 9.59 Å². The molecule has 0 aromatic carbocycles. The number of aromatic nitrogens is 4. The number of carbonyl (C=O) groups excluding carboxylic acids is 3. The zero-order valence-electron chi connectivity index (χ0n) is 18.9. The average molecular weight is 587 g/mol. The number of hydrogen-bond donors (Lipinski definition) is 3. The summed E-state index contributed by atoms with van der Waals surface area (Å²) in [7, 11) is 0. The molecular weight excluding hydrogens is 569 g/mol. The SMILES string of the molecule is CCOC(=O)CON=C(C(=O)NC1C(=O)N2C(C(=O)O)=C(CSc3nncs3)CS[C@H]12)c1nsc(N)n1. The molecule has 19 heteroatoms. The molecule has 1 saturated heterocycles. The molecule has 0 radical (unpaired) electrons. The summed E-state index contributed by atoms with van der Waals surface area (Å²) >= 11 is 4.78. The standard InChI is InChI=1S/C18H18N8O7S4/c1-2-32-8(27)3-33-24-9(12-22-17(19)37-25-12)13(28)21-10-14(29)26-11(16(30)31)7(4-34-15(10)26)5-35-18-23-20-6-36-18/h6,10,15H,2-5H2,1H3,(H,21,28)(H,30,31)(H2,19,22,25)/t10?,15-/m1/s1. The molecule has 2 atom stereocenters. The summed E-state index contributed by atoms with van der Waals surface area (Å²) in [5.41, 5.74) is 7.21. The van der Waals surface area contributed by atoms with Crippen molar-refractivity contribution in [2.24, 2.45) is 5.16 Å². The second-order valence-corrected chi connectivity index (χ2v) is 11.0. The zero-order valence-corrected chi connectivity index (χ0v) is 22.1. The van der Waals surface area contributed by atoms with Crippen LogP contribution in [0.25, 0.3) is 0 Å². The van der Waals surface area contributed by atoms with Gasteiger partial charge in [0, 0.05) is 23.0 Å². The highest BCUT2D eigenvalue weighted by Crippen LogP contribution is 2.41. The number of carbonyl (C=O) groups is 4. The van der Waals surface area contributed by atoms with E-state index in [1.54, 1.807) is 12.4 Å². The number of nitrogens with zero attached hydrogens (tertiary/aromatic N) is 6. The van der Waals surface area contributed by atoms with Gasteiger partial charge in [-0.1, -0.05) is 28.3 Å². The minimum atomic E-state index is -1.24. The van der Waals surface area contributed by atoms with Crippen LogP contribution in [0.4, 0.5) is 5.13 Å². The molecule has 196 valence electrons. The predicted octanol–water partition coefficient (Wildman–Crippen LogP) is -0.213. The molecule has 1 fully saturated rings. The highest BCUT2D eigenvalue weighted by atomic mass is 32.2. The van der Waals surface area contributed by atoms with Crippen molar-refractivity contribution in [1.29, 1.82) is 0 Å². The number of β-lactam (4-membered cyclic amide) rings is 1. The molecule has 2 aromatic heterocycles. The minimum Gasteiger partial charge on any atom is -0.477 e. The molecule has 4 N–H and O–H groups in total. The van der Waals surface area contributed by atoms with Gasteiger partial charge in [-0.05, 0) is 12.5 Å². The van der Waals surface area contributed by atoms with E-state index in [2.05, 4.69) is 30.0 Å². The monoisotopic (exact) mass is 586 g/mol. The van der Waals surface area contributed by atoms with Crippen LogP contribution in [0.2, 0.25) is 0 Å². The molecule has 2 aliphatic rings. The number of aliphatic carboxylic acids is 1. The molecule has 2 amide bonds. The van der Waals surface area contributed by atoms with Gasteiger partial charge in [-0.3, -0.25) is 14.5 Å². The van der Waals surface area contributed by atoms with Crippen LogP contribution in [0.1, 0.15) is 12.7 Å². The highest BCUT2D eigenvalue weighted by molar-refractivity contribution is 8.01. The van der Waals surface area contributed by atoms with E-state index in [1.165, 1.54) is 34.9 Å². The van der Waals surface area contributed by atoms with Crippen molar-refractivity contribution < 1.29 is 33.9 Å². The fourth-order valence-corrected chi connectivity index (χ4v) is 6.65. The first kappa shape index (κ1) is 26.8. The maximum atomic E-state index is 13.0. The summed E-state index contributed by atoms with van der Waals surface area (Å²) in [5.74, 6) is -2.91. The normalized spacial score (nSPS) is 19.2. The number of thioether (sulfide) groups is 2. The van der Waals surface area contributed by atoms with Crippen molar-refractivity contribution >= 4 is 81.0 Å². The Morgan fingerprint density at radius 3 is 2.86 bits per heavy atom. The topological polar surface area (TPSA) is 212 Å². The van der Waals surface area contributed by atoms with E-state index in [0.717, 1.165) is 16.4 Å². The van der Waals surface area contributed by atoms with E-state index in [1.807, 2.05) is 0 Å². The summed E-state index contributed by atoms with van der Waals surface area (Å²) in [5, 5.41) is 23.1. The van der Waals surface area contributed by atoms with Crippen molar-refractivity contribution in [3.8, 4) is 0 Å². The van der Waals surface area contributed by atoms with Crippen LogP contribution in [-0.2, 0) is 28.8 Å². The number of anilines is 1. The third-order valence-corrected chi connectivity index (χ3v) is 8.59. The van der Waals surface area contributed by atoms with Crippen LogP contribution >= 0.6 is 46.4 Å². The maximum Gasteiger partial charge on any atom is 0.352 e. The summed E-state index contributed by atoms with van der Waals surface area (Å²) in [4.78, 5) is 59.5. The Morgan fingerprint density at radius 2 is 2.22 bits per heavy atom. The van der Waals surface area contributed by atoms with Crippen LogP contribution in [-0.4, -0.2) is 95.2 Å². The van der Waals surface area contributed by atoms with Gasteiger partial charge in [0.05, 0.1) is 6.61 Å². The second kappa shape index (κ2) is 11.8. The molecule has 0 bridgehead atoms. The molecule has 37 heavy (non-hydrogen) atoms. The Balaban J connectivity index is 1.47. The molecule has 0 spiro atoms. The number of oxime groups is 1. The molecule has 2 aromatic rings. The number of fused-ring (bicyclic) bond motifs is 1. The fourth-order valence-electron chi connectivity index (χ4n) is 3.25. The molecular formula is C18H18N8O7S4. The number of nitrogen functional groups attached to an aromatic ring is 1. The Hall–Kier alpha value is -3.29. The number of rotatable bonds is 11. The second-order valence-electron chi connectivity index (χ2n) is 7.09. The molecule has 2 aliphatic heterocycles. The van der Waals surface area contributed by atoms with Gasteiger partial charge < -0.3 is 25.7 Å². The van der Waals surface area contributed by atoms with Crippen LogP contribution in [0, 0.1) is 0 Å². The van der Waals surface area contributed by atoms with Crippen LogP contribution in [0.5, 0.6) is 0 Å². The Kier molecular flexibility index (Phi) is 8.56. The van der Waals surface area contributed by atoms with Crippen molar-refractivity contribution in [2.75, 3.05) is 30.5 Å². The summed E-state index contributed by atoms with van der Waals surface area (Å²) in [6, 6.07) is -1.03. The number of amides is 2. The number of hydrogen-bond acceptors (Lipinski definition) is 16.